The van der Waals surface area contributed by atoms with Crippen molar-refractivity contribution in [3.63, 3.8) is 0 Å². The Bertz CT molecular complexity index is 329. The Morgan fingerprint density at radius 3 is 2.18 bits per heavy atom. The van der Waals surface area contributed by atoms with Crippen LogP contribution in [0.2, 0.25) is 0 Å². The van der Waals surface area contributed by atoms with E-state index in [0.29, 0.717) is 0 Å². The number of primary amides is 2. The smallest absolute Gasteiger partial charge is 0.240 e. The molecule has 0 radical (unpaired) electrons. The third-order valence-electron chi connectivity index (χ3n) is 1.86. The van der Waals surface area contributed by atoms with E-state index in [4.69, 9.17) is 11.5 Å². The zero-order valence-corrected chi connectivity index (χ0v) is 9.49. The molecule has 0 spiro atoms. The molecule has 0 rings (SSSR count). The Morgan fingerprint density at radius 2 is 1.76 bits per heavy atom. The van der Waals surface area contributed by atoms with Gasteiger partial charge in [0.1, 0.15) is 6.04 Å². The minimum absolute atomic E-state index is 0.0382. The van der Waals surface area contributed by atoms with E-state index in [0.717, 1.165) is 0 Å². The number of amides is 4. The molecular weight excluding hydrogens is 228 g/mol. The van der Waals surface area contributed by atoms with Crippen LogP contribution in [0.3, 0.4) is 0 Å². The molecule has 0 saturated carbocycles. The minimum atomic E-state index is -0.969. The average molecular weight is 244 g/mol. The second-order valence-corrected chi connectivity index (χ2v) is 3.44. The maximum Gasteiger partial charge on any atom is 0.240 e. The molecule has 0 saturated heterocycles. The Morgan fingerprint density at radius 1 is 1.18 bits per heavy atom. The average Bonchev–Trinajstić information content (AvgIpc) is 2.20. The summed E-state index contributed by atoms with van der Waals surface area (Å²) < 4.78 is 0. The monoisotopic (exact) mass is 244 g/mol. The van der Waals surface area contributed by atoms with Crippen LogP contribution in [0.25, 0.3) is 0 Å². The molecule has 0 aliphatic heterocycles. The third kappa shape index (κ3) is 7.77. The van der Waals surface area contributed by atoms with Gasteiger partial charge in [-0.05, 0) is 6.42 Å². The van der Waals surface area contributed by atoms with Gasteiger partial charge in [0.05, 0.1) is 6.54 Å². The van der Waals surface area contributed by atoms with Gasteiger partial charge in [0.15, 0.2) is 0 Å². The van der Waals surface area contributed by atoms with Crippen LogP contribution < -0.4 is 22.1 Å². The summed E-state index contributed by atoms with van der Waals surface area (Å²) in [6.07, 6.45) is -0.0233. The third-order valence-corrected chi connectivity index (χ3v) is 1.86. The fraction of sp³-hybridized carbons (Fsp3) is 0.556. The summed E-state index contributed by atoms with van der Waals surface area (Å²) in [5, 5.41) is 4.55. The van der Waals surface area contributed by atoms with Crippen molar-refractivity contribution in [1.82, 2.24) is 10.6 Å². The summed E-state index contributed by atoms with van der Waals surface area (Å²) in [5.41, 5.74) is 9.94. The molecule has 0 aromatic heterocycles. The van der Waals surface area contributed by atoms with Crippen LogP contribution in [-0.2, 0) is 19.2 Å². The van der Waals surface area contributed by atoms with Crippen LogP contribution in [0, 0.1) is 0 Å². The summed E-state index contributed by atoms with van der Waals surface area (Å²) in [4.78, 5) is 43.3. The molecule has 0 heterocycles. The minimum Gasteiger partial charge on any atom is -0.370 e. The lowest BCUT2D eigenvalue weighted by atomic mass is 10.1. The van der Waals surface area contributed by atoms with Crippen LogP contribution in [0.1, 0.15) is 19.8 Å². The van der Waals surface area contributed by atoms with E-state index in [1.54, 1.807) is 0 Å². The molecule has 0 aliphatic carbocycles. The first-order valence-electron chi connectivity index (χ1n) is 4.94. The van der Waals surface area contributed by atoms with Gasteiger partial charge in [-0.3, -0.25) is 19.2 Å². The highest BCUT2D eigenvalue weighted by Gasteiger charge is 2.18. The van der Waals surface area contributed by atoms with E-state index in [9.17, 15) is 19.2 Å². The Balaban J connectivity index is 4.15. The van der Waals surface area contributed by atoms with Gasteiger partial charge in [0, 0.05) is 13.3 Å². The van der Waals surface area contributed by atoms with Crippen molar-refractivity contribution in [2.45, 2.75) is 25.8 Å². The number of hydrogen-bond acceptors (Lipinski definition) is 4. The fourth-order valence-electron chi connectivity index (χ4n) is 1.02. The lowest BCUT2D eigenvalue weighted by molar-refractivity contribution is -0.128. The van der Waals surface area contributed by atoms with Gasteiger partial charge in [-0.25, -0.2) is 0 Å². The molecule has 8 heteroatoms. The zero-order chi connectivity index (χ0) is 13.4. The second-order valence-electron chi connectivity index (χ2n) is 3.44. The van der Waals surface area contributed by atoms with E-state index in [1.165, 1.54) is 6.92 Å². The van der Waals surface area contributed by atoms with Crippen molar-refractivity contribution in [3.8, 4) is 0 Å². The number of rotatable bonds is 7. The van der Waals surface area contributed by atoms with Gasteiger partial charge in [-0.2, -0.15) is 0 Å². The SMILES string of the molecule is CC(=O)NCC(=O)NC(CCC(N)=O)C(N)=O. The summed E-state index contributed by atoms with van der Waals surface area (Å²) in [6, 6.07) is -0.969. The fourth-order valence-corrected chi connectivity index (χ4v) is 1.02. The molecule has 0 fully saturated rings. The molecule has 6 N–H and O–H groups in total. The van der Waals surface area contributed by atoms with Crippen molar-refractivity contribution >= 4 is 23.6 Å². The predicted octanol–water partition coefficient (Wildman–Crippen LogP) is -2.64. The maximum absolute atomic E-state index is 11.3. The van der Waals surface area contributed by atoms with Crippen LogP contribution in [0.4, 0.5) is 0 Å². The lowest BCUT2D eigenvalue weighted by Gasteiger charge is -2.14. The van der Waals surface area contributed by atoms with Crippen molar-refractivity contribution in [3.05, 3.63) is 0 Å². The predicted molar refractivity (Wildman–Crippen MR) is 58.2 cm³/mol. The van der Waals surface area contributed by atoms with Crippen LogP contribution in [0.5, 0.6) is 0 Å². The van der Waals surface area contributed by atoms with Crippen LogP contribution in [0.15, 0.2) is 0 Å². The number of carbonyl (C=O) groups excluding carboxylic acids is 4. The summed E-state index contributed by atoms with van der Waals surface area (Å²) >= 11 is 0. The molecule has 0 bridgehead atoms. The molecular formula is C9H16N4O4. The first-order chi connectivity index (χ1) is 7.82. The van der Waals surface area contributed by atoms with Crippen molar-refractivity contribution in [2.24, 2.45) is 11.5 Å². The van der Waals surface area contributed by atoms with Gasteiger partial charge in [-0.1, -0.05) is 0 Å². The van der Waals surface area contributed by atoms with Crippen molar-refractivity contribution in [2.75, 3.05) is 6.54 Å². The summed E-state index contributed by atoms with van der Waals surface area (Å²) in [7, 11) is 0. The molecule has 17 heavy (non-hydrogen) atoms. The molecule has 8 nitrogen and oxygen atoms in total. The van der Waals surface area contributed by atoms with E-state index in [-0.39, 0.29) is 25.3 Å². The van der Waals surface area contributed by atoms with Crippen molar-refractivity contribution < 1.29 is 19.2 Å². The largest absolute Gasteiger partial charge is 0.370 e. The Hall–Kier alpha value is -2.12. The normalized spacial score (nSPS) is 11.4. The Labute approximate surface area is 98.1 Å². The highest BCUT2D eigenvalue weighted by atomic mass is 16.2. The molecule has 1 unspecified atom stereocenters. The highest BCUT2D eigenvalue weighted by Crippen LogP contribution is 1.96. The number of nitrogens with two attached hydrogens (primary N) is 2. The number of carbonyl (C=O) groups is 4. The Kier molecular flexibility index (Phi) is 6.30. The van der Waals surface area contributed by atoms with Crippen molar-refractivity contribution in [1.29, 1.82) is 0 Å². The molecule has 4 amide bonds. The first kappa shape index (κ1) is 14.9. The van der Waals surface area contributed by atoms with Crippen LogP contribution >= 0.6 is 0 Å². The van der Waals surface area contributed by atoms with Gasteiger partial charge in [-0.15, -0.1) is 0 Å². The van der Waals surface area contributed by atoms with E-state index >= 15 is 0 Å². The van der Waals surface area contributed by atoms with Gasteiger partial charge >= 0.3 is 0 Å². The van der Waals surface area contributed by atoms with Crippen LogP contribution in [-0.4, -0.2) is 36.2 Å². The first-order valence-corrected chi connectivity index (χ1v) is 4.94. The van der Waals surface area contributed by atoms with E-state index in [1.807, 2.05) is 0 Å². The second kappa shape index (κ2) is 7.20. The topological polar surface area (TPSA) is 144 Å². The molecule has 1 atom stereocenters. The quantitative estimate of drug-likeness (QED) is 0.388. The molecule has 0 aliphatic rings. The summed E-state index contributed by atoms with van der Waals surface area (Å²) in [6.45, 7) is 1.00. The molecule has 96 valence electrons. The molecule has 0 aromatic carbocycles. The number of nitrogens with one attached hydrogen (secondary N) is 2. The zero-order valence-electron chi connectivity index (χ0n) is 9.49. The van der Waals surface area contributed by atoms with Gasteiger partial charge in [0.25, 0.3) is 0 Å². The summed E-state index contributed by atoms with van der Waals surface area (Å²) in [5.74, 6) is -2.28. The maximum atomic E-state index is 11.3. The van der Waals surface area contributed by atoms with Gasteiger partial charge in [0.2, 0.25) is 23.6 Å². The van der Waals surface area contributed by atoms with E-state index in [2.05, 4.69) is 10.6 Å². The van der Waals surface area contributed by atoms with E-state index < -0.39 is 23.8 Å². The standard InChI is InChI=1S/C9H16N4O4/c1-5(14)12-4-8(16)13-6(9(11)17)2-3-7(10)15/h6H,2-4H2,1H3,(H2,10,15)(H2,11,17)(H,12,14)(H,13,16). The number of hydrogen-bond donors (Lipinski definition) is 4. The lowest BCUT2D eigenvalue weighted by Crippen LogP contribution is -2.48. The molecule has 0 aromatic rings. The highest BCUT2D eigenvalue weighted by molar-refractivity contribution is 5.89. The van der Waals surface area contributed by atoms with Gasteiger partial charge < -0.3 is 22.1 Å².